The number of pyridine rings is 1. The summed E-state index contributed by atoms with van der Waals surface area (Å²) in [5.41, 5.74) is 1.24. The number of nitrogens with zero attached hydrogens (tertiary/aromatic N) is 2. The lowest BCUT2D eigenvalue weighted by atomic mass is 10.1. The number of oxime groups is 1. The summed E-state index contributed by atoms with van der Waals surface area (Å²) in [7, 11) is 0. The summed E-state index contributed by atoms with van der Waals surface area (Å²) in [4.78, 5) is 21.2. The van der Waals surface area contributed by atoms with Crippen molar-refractivity contribution < 1.29 is 9.63 Å². The van der Waals surface area contributed by atoms with E-state index >= 15 is 0 Å². The van der Waals surface area contributed by atoms with E-state index in [4.69, 9.17) is 4.84 Å². The Balaban J connectivity index is 1.87. The first-order chi connectivity index (χ1) is 9.15. The molecule has 5 heteroatoms. The van der Waals surface area contributed by atoms with Crippen molar-refractivity contribution >= 4 is 11.6 Å². The predicted octanol–water partition coefficient (Wildman–Crippen LogP) is 1.46. The number of hydrogen-bond acceptors (Lipinski definition) is 4. The molecular formula is C14H17N3O2. The van der Waals surface area contributed by atoms with E-state index in [0.717, 1.165) is 5.69 Å². The maximum absolute atomic E-state index is 11.9. The molecule has 1 aliphatic rings. The lowest BCUT2D eigenvalue weighted by Gasteiger charge is -2.15. The molecule has 1 aliphatic heterocycles. The van der Waals surface area contributed by atoms with Gasteiger partial charge in [-0.3, -0.25) is 9.78 Å². The number of carbonyl (C=O) groups is 1. The second-order valence-electron chi connectivity index (χ2n) is 4.55. The molecule has 2 heterocycles. The van der Waals surface area contributed by atoms with Crippen LogP contribution in [0.2, 0.25) is 0 Å². The smallest absolute Gasteiger partial charge is 0.273 e. The third kappa shape index (κ3) is 3.91. The average Bonchev–Trinajstić information content (AvgIpc) is 2.40. The monoisotopic (exact) mass is 259 g/mol. The lowest BCUT2D eigenvalue weighted by Crippen LogP contribution is -2.39. The second kappa shape index (κ2) is 6.13. The Labute approximate surface area is 112 Å². The fraction of sp³-hybridized carbons (Fsp3) is 0.357. The van der Waals surface area contributed by atoms with Gasteiger partial charge in [0.25, 0.3) is 5.91 Å². The molecule has 1 N–H and O–H groups in total. The normalized spacial score (nSPS) is 19.3. The molecular weight excluding hydrogens is 242 g/mol. The summed E-state index contributed by atoms with van der Waals surface area (Å²) < 4.78 is 0. The molecule has 100 valence electrons. The van der Waals surface area contributed by atoms with Gasteiger partial charge in [-0.1, -0.05) is 11.2 Å². The van der Waals surface area contributed by atoms with Crippen molar-refractivity contribution in [1.82, 2.24) is 10.3 Å². The number of rotatable bonds is 4. The topological polar surface area (TPSA) is 63.6 Å². The van der Waals surface area contributed by atoms with E-state index in [2.05, 4.69) is 15.5 Å². The Hall–Kier alpha value is -2.17. The molecule has 0 aromatic carbocycles. The fourth-order valence-electron chi connectivity index (χ4n) is 1.73. The minimum absolute atomic E-state index is 0.0159. The Kier molecular flexibility index (Phi) is 4.28. The van der Waals surface area contributed by atoms with Gasteiger partial charge in [0.1, 0.15) is 6.10 Å². The molecule has 1 unspecified atom stereocenters. The standard InChI is InChI=1S/C14H17N3O2/c1-10(9-12-5-3-4-8-15-12)16-14(18)13-7-6-11(2)19-17-13/h3-8,10-11H,9H2,1-2H3,(H,16,18)/t10-,11?/m1/s1. The molecule has 1 aromatic rings. The van der Waals surface area contributed by atoms with Gasteiger partial charge in [0.05, 0.1) is 0 Å². The molecule has 0 saturated heterocycles. The lowest BCUT2D eigenvalue weighted by molar-refractivity contribution is -0.115. The van der Waals surface area contributed by atoms with Gasteiger partial charge in [-0.25, -0.2) is 0 Å². The zero-order valence-electron chi connectivity index (χ0n) is 11.0. The van der Waals surface area contributed by atoms with Crippen LogP contribution in [-0.2, 0) is 16.1 Å². The molecule has 0 spiro atoms. The van der Waals surface area contributed by atoms with E-state index in [-0.39, 0.29) is 18.1 Å². The Morgan fingerprint density at radius 2 is 2.37 bits per heavy atom. The van der Waals surface area contributed by atoms with Crippen LogP contribution in [0.4, 0.5) is 0 Å². The highest BCUT2D eigenvalue weighted by Gasteiger charge is 2.16. The summed E-state index contributed by atoms with van der Waals surface area (Å²) in [5.74, 6) is -0.230. The summed E-state index contributed by atoms with van der Waals surface area (Å²) in [6.07, 6.45) is 5.82. The predicted molar refractivity (Wildman–Crippen MR) is 72.7 cm³/mol. The molecule has 5 nitrogen and oxygen atoms in total. The van der Waals surface area contributed by atoms with Crippen LogP contribution in [0.5, 0.6) is 0 Å². The molecule has 2 atom stereocenters. The van der Waals surface area contributed by atoms with Gasteiger partial charge in [-0.15, -0.1) is 0 Å². The first-order valence-corrected chi connectivity index (χ1v) is 6.28. The van der Waals surface area contributed by atoms with E-state index in [1.165, 1.54) is 0 Å². The zero-order valence-corrected chi connectivity index (χ0v) is 11.0. The minimum atomic E-state index is -0.230. The average molecular weight is 259 g/mol. The third-order valence-electron chi connectivity index (χ3n) is 2.69. The van der Waals surface area contributed by atoms with Crippen LogP contribution in [0.15, 0.2) is 41.7 Å². The van der Waals surface area contributed by atoms with E-state index in [9.17, 15) is 4.79 Å². The van der Waals surface area contributed by atoms with Gasteiger partial charge in [0, 0.05) is 24.4 Å². The Morgan fingerprint density at radius 3 is 3.00 bits per heavy atom. The molecule has 0 saturated carbocycles. The van der Waals surface area contributed by atoms with Gasteiger partial charge in [-0.2, -0.15) is 0 Å². The Bertz CT molecular complexity index is 497. The first kappa shape index (κ1) is 13.3. The maximum Gasteiger partial charge on any atom is 0.273 e. The van der Waals surface area contributed by atoms with Gasteiger partial charge in [0.15, 0.2) is 5.71 Å². The second-order valence-corrected chi connectivity index (χ2v) is 4.55. The minimum Gasteiger partial charge on any atom is -0.388 e. The molecule has 0 radical (unpaired) electrons. The van der Waals surface area contributed by atoms with Gasteiger partial charge >= 0.3 is 0 Å². The summed E-state index contributed by atoms with van der Waals surface area (Å²) in [6.45, 7) is 3.79. The van der Waals surface area contributed by atoms with Gasteiger partial charge in [0.2, 0.25) is 0 Å². The highest BCUT2D eigenvalue weighted by molar-refractivity contribution is 6.43. The van der Waals surface area contributed by atoms with Crippen molar-refractivity contribution in [2.75, 3.05) is 0 Å². The van der Waals surface area contributed by atoms with Crippen LogP contribution in [0.25, 0.3) is 0 Å². The van der Waals surface area contributed by atoms with Crippen molar-refractivity contribution in [2.24, 2.45) is 5.16 Å². The summed E-state index contributed by atoms with van der Waals surface area (Å²) in [6, 6.07) is 5.72. The van der Waals surface area contributed by atoms with Crippen LogP contribution < -0.4 is 5.32 Å². The number of hydrogen-bond donors (Lipinski definition) is 1. The fourth-order valence-corrected chi connectivity index (χ4v) is 1.73. The highest BCUT2D eigenvalue weighted by atomic mass is 16.6. The van der Waals surface area contributed by atoms with Gasteiger partial charge in [-0.05, 0) is 38.1 Å². The van der Waals surface area contributed by atoms with Crippen molar-refractivity contribution in [3.05, 3.63) is 42.2 Å². The number of nitrogens with one attached hydrogen (secondary N) is 1. The Morgan fingerprint density at radius 1 is 1.53 bits per heavy atom. The highest BCUT2D eigenvalue weighted by Crippen LogP contribution is 2.03. The van der Waals surface area contributed by atoms with Crippen LogP contribution in [0.1, 0.15) is 19.5 Å². The SMILES string of the molecule is CC1C=CC(C(=O)N[C@H](C)Cc2ccccn2)=NO1. The summed E-state index contributed by atoms with van der Waals surface area (Å²) in [5, 5.41) is 6.64. The van der Waals surface area contributed by atoms with E-state index in [1.807, 2.05) is 32.0 Å². The molecule has 1 aromatic heterocycles. The van der Waals surface area contributed by atoms with Crippen LogP contribution in [-0.4, -0.2) is 28.7 Å². The van der Waals surface area contributed by atoms with Gasteiger partial charge < -0.3 is 10.2 Å². The molecule has 2 rings (SSSR count). The number of amides is 1. The maximum atomic E-state index is 11.9. The first-order valence-electron chi connectivity index (χ1n) is 6.28. The van der Waals surface area contributed by atoms with Crippen molar-refractivity contribution in [3.8, 4) is 0 Å². The molecule has 0 aliphatic carbocycles. The van der Waals surface area contributed by atoms with Crippen LogP contribution in [0, 0.1) is 0 Å². The molecule has 0 fully saturated rings. The van der Waals surface area contributed by atoms with Crippen molar-refractivity contribution in [1.29, 1.82) is 0 Å². The van der Waals surface area contributed by atoms with Crippen molar-refractivity contribution in [2.45, 2.75) is 32.4 Å². The quantitative estimate of drug-likeness (QED) is 0.890. The van der Waals surface area contributed by atoms with Crippen LogP contribution >= 0.6 is 0 Å². The van der Waals surface area contributed by atoms with E-state index < -0.39 is 0 Å². The third-order valence-corrected chi connectivity index (χ3v) is 2.69. The van der Waals surface area contributed by atoms with Crippen molar-refractivity contribution in [3.63, 3.8) is 0 Å². The van der Waals surface area contributed by atoms with E-state index in [0.29, 0.717) is 12.1 Å². The number of carbonyl (C=O) groups excluding carboxylic acids is 1. The number of aromatic nitrogens is 1. The molecule has 1 amide bonds. The van der Waals surface area contributed by atoms with Crippen LogP contribution in [0.3, 0.4) is 0 Å². The molecule has 19 heavy (non-hydrogen) atoms. The molecule has 0 bridgehead atoms. The zero-order chi connectivity index (χ0) is 13.7. The van der Waals surface area contributed by atoms with E-state index in [1.54, 1.807) is 18.3 Å². The summed E-state index contributed by atoms with van der Waals surface area (Å²) >= 11 is 0. The largest absolute Gasteiger partial charge is 0.388 e.